The van der Waals surface area contributed by atoms with Crippen LogP contribution in [0.5, 0.6) is 5.75 Å². The number of carbonyl (C=O) groups is 1. The first kappa shape index (κ1) is 13.6. The molecule has 1 fully saturated rings. The molecule has 4 nitrogen and oxygen atoms in total. The Bertz CT molecular complexity index is 628. The molecule has 21 heavy (non-hydrogen) atoms. The highest BCUT2D eigenvalue weighted by Crippen LogP contribution is 2.24. The van der Waals surface area contributed by atoms with Crippen LogP contribution in [0.25, 0.3) is 11.1 Å². The van der Waals surface area contributed by atoms with E-state index in [1.807, 2.05) is 48.5 Å². The molecule has 1 aliphatic heterocycles. The van der Waals surface area contributed by atoms with Crippen molar-refractivity contribution in [3.63, 3.8) is 0 Å². The molecular weight excluding hydrogens is 264 g/mol. The van der Waals surface area contributed by atoms with Gasteiger partial charge in [-0.1, -0.05) is 42.5 Å². The summed E-state index contributed by atoms with van der Waals surface area (Å²) in [6, 6.07) is 17.6. The number of benzene rings is 2. The normalized spacial score (nSPS) is 17.8. The summed E-state index contributed by atoms with van der Waals surface area (Å²) in [5.41, 5.74) is 7.93. The predicted molar refractivity (Wildman–Crippen MR) is 82.1 cm³/mol. The van der Waals surface area contributed by atoms with Gasteiger partial charge < -0.3 is 15.4 Å². The molecule has 0 aliphatic carbocycles. The lowest BCUT2D eigenvalue weighted by atomic mass is 10.1. The molecule has 2 N–H and O–H groups in total. The fourth-order valence-electron chi connectivity index (χ4n) is 2.49. The number of ether oxygens (including phenoxy) is 1. The summed E-state index contributed by atoms with van der Waals surface area (Å²) in [6.45, 7) is 1.23. The molecule has 1 saturated heterocycles. The third-order valence-corrected chi connectivity index (χ3v) is 3.63. The first-order chi connectivity index (χ1) is 10.2. The van der Waals surface area contributed by atoms with Gasteiger partial charge in [-0.25, -0.2) is 4.79 Å². The molecule has 0 spiro atoms. The Morgan fingerprint density at radius 2 is 1.86 bits per heavy atom. The van der Waals surface area contributed by atoms with Crippen LogP contribution in [-0.2, 0) is 0 Å². The van der Waals surface area contributed by atoms with E-state index in [2.05, 4.69) is 0 Å². The van der Waals surface area contributed by atoms with Crippen LogP contribution in [0.3, 0.4) is 0 Å². The number of likely N-dealkylation sites (tertiary alicyclic amines) is 1. The lowest BCUT2D eigenvalue weighted by molar-refractivity contribution is 0.162. The van der Waals surface area contributed by atoms with Gasteiger partial charge in [-0.15, -0.1) is 0 Å². The zero-order chi connectivity index (χ0) is 14.7. The minimum absolute atomic E-state index is 0.0632. The van der Waals surface area contributed by atoms with Crippen LogP contribution in [0.2, 0.25) is 0 Å². The third-order valence-electron chi connectivity index (χ3n) is 3.63. The lowest BCUT2D eigenvalue weighted by Crippen LogP contribution is -2.33. The molecule has 0 unspecified atom stereocenters. The van der Waals surface area contributed by atoms with Crippen molar-refractivity contribution in [1.29, 1.82) is 0 Å². The van der Waals surface area contributed by atoms with Crippen LogP contribution < -0.4 is 10.5 Å². The highest BCUT2D eigenvalue weighted by atomic mass is 16.6. The highest BCUT2D eigenvalue weighted by Gasteiger charge is 2.25. The molecule has 1 heterocycles. The molecule has 2 aromatic rings. The first-order valence-corrected chi connectivity index (χ1v) is 7.10. The zero-order valence-electron chi connectivity index (χ0n) is 11.7. The third kappa shape index (κ3) is 3.23. The summed E-state index contributed by atoms with van der Waals surface area (Å²) in [7, 11) is 0. The van der Waals surface area contributed by atoms with Crippen molar-refractivity contribution < 1.29 is 9.53 Å². The smallest absolute Gasteiger partial charge is 0.410 e. The number of hydrogen-bond donors (Lipinski definition) is 1. The van der Waals surface area contributed by atoms with Gasteiger partial charge in [0, 0.05) is 19.1 Å². The fraction of sp³-hybridized carbons (Fsp3) is 0.235. The van der Waals surface area contributed by atoms with Crippen molar-refractivity contribution in [3.8, 4) is 16.9 Å². The molecule has 108 valence electrons. The van der Waals surface area contributed by atoms with E-state index in [1.54, 1.807) is 11.0 Å². The number of nitrogens with zero attached hydrogens (tertiary/aromatic N) is 1. The topological polar surface area (TPSA) is 55.6 Å². The maximum absolute atomic E-state index is 12.1. The van der Waals surface area contributed by atoms with E-state index in [1.165, 1.54) is 0 Å². The van der Waals surface area contributed by atoms with Crippen LogP contribution in [0.4, 0.5) is 4.79 Å². The van der Waals surface area contributed by atoms with E-state index in [4.69, 9.17) is 10.5 Å². The van der Waals surface area contributed by atoms with Crippen molar-refractivity contribution in [3.05, 3.63) is 54.6 Å². The molecule has 1 atom stereocenters. The number of amides is 1. The Labute approximate surface area is 124 Å². The first-order valence-electron chi connectivity index (χ1n) is 7.10. The van der Waals surface area contributed by atoms with Gasteiger partial charge >= 0.3 is 6.09 Å². The van der Waals surface area contributed by atoms with Gasteiger partial charge in [0.2, 0.25) is 0 Å². The molecule has 1 amide bonds. The Balaban J connectivity index is 1.73. The van der Waals surface area contributed by atoms with Crippen LogP contribution >= 0.6 is 0 Å². The zero-order valence-corrected chi connectivity index (χ0v) is 11.7. The fourth-order valence-corrected chi connectivity index (χ4v) is 2.49. The van der Waals surface area contributed by atoms with Crippen LogP contribution in [-0.4, -0.2) is 30.1 Å². The predicted octanol–water partition coefficient (Wildman–Crippen LogP) is 2.89. The average molecular weight is 282 g/mol. The number of nitrogens with two attached hydrogens (primary N) is 1. The van der Waals surface area contributed by atoms with E-state index >= 15 is 0 Å². The van der Waals surface area contributed by atoms with E-state index in [-0.39, 0.29) is 12.1 Å². The van der Waals surface area contributed by atoms with Gasteiger partial charge in [0.1, 0.15) is 5.75 Å². The Morgan fingerprint density at radius 3 is 2.57 bits per heavy atom. The van der Waals surface area contributed by atoms with E-state index in [0.29, 0.717) is 18.8 Å². The second-order valence-corrected chi connectivity index (χ2v) is 5.26. The van der Waals surface area contributed by atoms with Crippen molar-refractivity contribution in [2.75, 3.05) is 13.1 Å². The van der Waals surface area contributed by atoms with Gasteiger partial charge in [-0.2, -0.15) is 0 Å². The molecule has 0 aromatic heterocycles. The summed E-state index contributed by atoms with van der Waals surface area (Å²) in [5, 5.41) is 0. The molecule has 0 bridgehead atoms. The maximum Gasteiger partial charge on any atom is 0.415 e. The molecule has 0 saturated carbocycles. The standard InChI is InChI=1S/C17H18N2O2/c18-15-9-10-19(12-15)17(20)21-16-8-4-7-14(11-16)13-5-2-1-3-6-13/h1-8,11,15H,9-10,12,18H2/t15-/m1/s1. The van der Waals surface area contributed by atoms with Crippen LogP contribution in [0.1, 0.15) is 6.42 Å². The highest BCUT2D eigenvalue weighted by molar-refractivity contribution is 5.72. The summed E-state index contributed by atoms with van der Waals surface area (Å²) >= 11 is 0. The summed E-state index contributed by atoms with van der Waals surface area (Å²) in [5.74, 6) is 0.557. The average Bonchev–Trinajstić information content (AvgIpc) is 2.95. The minimum Gasteiger partial charge on any atom is -0.410 e. The van der Waals surface area contributed by atoms with Gasteiger partial charge in [0.25, 0.3) is 0 Å². The van der Waals surface area contributed by atoms with Gasteiger partial charge in [0.15, 0.2) is 0 Å². The number of hydrogen-bond acceptors (Lipinski definition) is 3. The number of carbonyl (C=O) groups excluding carboxylic acids is 1. The monoisotopic (exact) mass is 282 g/mol. The SMILES string of the molecule is N[C@@H]1CCN(C(=O)Oc2cccc(-c3ccccc3)c2)C1. The molecule has 3 rings (SSSR count). The molecular formula is C17H18N2O2. The Hall–Kier alpha value is -2.33. The quantitative estimate of drug-likeness (QED) is 0.921. The maximum atomic E-state index is 12.1. The van der Waals surface area contributed by atoms with Crippen molar-refractivity contribution in [2.24, 2.45) is 5.73 Å². The minimum atomic E-state index is -0.326. The van der Waals surface area contributed by atoms with Crippen LogP contribution in [0, 0.1) is 0 Å². The Morgan fingerprint density at radius 1 is 1.10 bits per heavy atom. The molecule has 2 aromatic carbocycles. The van der Waals surface area contributed by atoms with E-state index in [0.717, 1.165) is 17.5 Å². The summed E-state index contributed by atoms with van der Waals surface area (Å²) in [6.07, 6.45) is 0.507. The molecule has 0 radical (unpaired) electrons. The van der Waals surface area contributed by atoms with E-state index in [9.17, 15) is 4.79 Å². The van der Waals surface area contributed by atoms with Gasteiger partial charge in [0.05, 0.1) is 0 Å². The van der Waals surface area contributed by atoms with Crippen molar-refractivity contribution >= 4 is 6.09 Å². The molecule has 1 aliphatic rings. The molecule has 4 heteroatoms. The Kier molecular flexibility index (Phi) is 3.88. The van der Waals surface area contributed by atoms with Gasteiger partial charge in [-0.05, 0) is 29.7 Å². The van der Waals surface area contributed by atoms with Crippen molar-refractivity contribution in [1.82, 2.24) is 4.90 Å². The number of rotatable bonds is 2. The second kappa shape index (κ2) is 5.97. The largest absolute Gasteiger partial charge is 0.415 e. The van der Waals surface area contributed by atoms with Crippen molar-refractivity contribution in [2.45, 2.75) is 12.5 Å². The summed E-state index contributed by atoms with van der Waals surface area (Å²) < 4.78 is 5.44. The van der Waals surface area contributed by atoms with Crippen LogP contribution in [0.15, 0.2) is 54.6 Å². The van der Waals surface area contributed by atoms with E-state index < -0.39 is 0 Å². The van der Waals surface area contributed by atoms with Gasteiger partial charge in [-0.3, -0.25) is 0 Å². The second-order valence-electron chi connectivity index (χ2n) is 5.26. The lowest BCUT2D eigenvalue weighted by Gasteiger charge is -2.15. The summed E-state index contributed by atoms with van der Waals surface area (Å²) in [4.78, 5) is 13.7.